The molecule has 1 N–H and O–H groups in total. The molecule has 0 aromatic rings. The number of rotatable bonds is 8. The number of ketones is 1. The van der Waals surface area contributed by atoms with E-state index in [0.29, 0.717) is 6.42 Å². The number of Topliss-reactive ketones (excluding diaryl/α,β-unsaturated/α-hetero) is 1. The Morgan fingerprint density at radius 1 is 1.29 bits per heavy atom. The van der Waals surface area contributed by atoms with Crippen molar-refractivity contribution in [2.75, 3.05) is 0 Å². The van der Waals surface area contributed by atoms with Crippen molar-refractivity contribution in [3.63, 3.8) is 0 Å². The maximum Gasteiger partial charge on any atom is 0.132 e. The van der Waals surface area contributed by atoms with Gasteiger partial charge in [-0.1, -0.05) is 39.5 Å². The van der Waals surface area contributed by atoms with Crippen molar-refractivity contribution in [1.29, 1.82) is 0 Å². The van der Waals surface area contributed by atoms with E-state index in [9.17, 15) is 9.90 Å². The summed E-state index contributed by atoms with van der Waals surface area (Å²) >= 11 is 0. The molecule has 0 aliphatic carbocycles. The summed E-state index contributed by atoms with van der Waals surface area (Å²) in [5.41, 5.74) is 0. The number of hydrogen-bond donors (Lipinski definition) is 1. The molecule has 14 heavy (non-hydrogen) atoms. The third-order valence-electron chi connectivity index (χ3n) is 2.70. The van der Waals surface area contributed by atoms with E-state index < -0.39 is 6.10 Å². The first-order chi connectivity index (χ1) is 6.56. The van der Waals surface area contributed by atoms with E-state index in [1.165, 1.54) is 26.2 Å². The maximum absolute atomic E-state index is 10.7. The summed E-state index contributed by atoms with van der Waals surface area (Å²) in [6, 6.07) is 0. The molecule has 2 unspecified atom stereocenters. The molecule has 84 valence electrons. The van der Waals surface area contributed by atoms with Gasteiger partial charge < -0.3 is 5.11 Å². The Bertz CT molecular complexity index is 154. The fourth-order valence-electron chi connectivity index (χ4n) is 1.51. The minimum atomic E-state index is -0.413. The van der Waals surface area contributed by atoms with E-state index in [4.69, 9.17) is 0 Å². The average molecular weight is 200 g/mol. The molecule has 0 rings (SSSR count). The van der Waals surface area contributed by atoms with Gasteiger partial charge in [-0.2, -0.15) is 0 Å². The molecular formula is C12H24O2. The first-order valence-electron chi connectivity index (χ1n) is 5.73. The highest BCUT2D eigenvalue weighted by Gasteiger charge is 2.07. The van der Waals surface area contributed by atoms with E-state index in [0.717, 1.165) is 18.8 Å². The minimum Gasteiger partial charge on any atom is -0.393 e. The molecule has 0 aromatic heterocycles. The van der Waals surface area contributed by atoms with Gasteiger partial charge in [-0.3, -0.25) is 4.79 Å². The van der Waals surface area contributed by atoms with Crippen LogP contribution in [0.4, 0.5) is 0 Å². The van der Waals surface area contributed by atoms with Crippen LogP contribution in [0.25, 0.3) is 0 Å². The number of aliphatic hydroxyl groups is 1. The van der Waals surface area contributed by atoms with Gasteiger partial charge in [0.25, 0.3) is 0 Å². The monoisotopic (exact) mass is 200 g/mol. The molecule has 0 bridgehead atoms. The van der Waals surface area contributed by atoms with E-state index in [2.05, 4.69) is 13.8 Å². The number of hydrogen-bond acceptors (Lipinski definition) is 2. The third-order valence-corrected chi connectivity index (χ3v) is 2.70. The molecule has 0 fully saturated rings. The lowest BCUT2D eigenvalue weighted by atomic mass is 9.99. The Morgan fingerprint density at radius 2 is 1.86 bits per heavy atom. The van der Waals surface area contributed by atoms with Crippen molar-refractivity contribution in [3.05, 3.63) is 0 Å². The van der Waals surface area contributed by atoms with E-state index in [1.807, 2.05) is 0 Å². The van der Waals surface area contributed by atoms with Crippen LogP contribution >= 0.6 is 0 Å². The molecule has 0 radical (unpaired) electrons. The normalized spacial score (nSPS) is 15.1. The first kappa shape index (κ1) is 13.6. The standard InChI is InChI=1S/C12H24O2/c1-4-10(2)7-5-6-8-12(14)9-11(3)13/h10,12,14H,4-9H2,1-3H3. The number of unbranched alkanes of at least 4 members (excludes halogenated alkanes) is 1. The Balaban J connectivity index is 3.31. The second-order valence-electron chi connectivity index (χ2n) is 4.36. The number of carbonyl (C=O) groups is 1. The summed E-state index contributed by atoms with van der Waals surface area (Å²) in [5, 5.41) is 9.42. The fraction of sp³-hybridized carbons (Fsp3) is 0.917. The second kappa shape index (κ2) is 7.98. The van der Waals surface area contributed by atoms with Crippen molar-refractivity contribution in [2.45, 2.75) is 65.4 Å². The molecule has 2 atom stereocenters. The van der Waals surface area contributed by atoms with E-state index in [1.54, 1.807) is 0 Å². The average Bonchev–Trinajstić information content (AvgIpc) is 2.10. The van der Waals surface area contributed by atoms with Crippen LogP contribution in [-0.2, 0) is 4.79 Å². The van der Waals surface area contributed by atoms with Gasteiger partial charge in [-0.25, -0.2) is 0 Å². The SMILES string of the molecule is CCC(C)CCCCC(O)CC(C)=O. The van der Waals surface area contributed by atoms with Gasteiger partial charge in [-0.05, 0) is 19.3 Å². The maximum atomic E-state index is 10.7. The van der Waals surface area contributed by atoms with Crippen molar-refractivity contribution >= 4 is 5.78 Å². The third kappa shape index (κ3) is 8.24. The first-order valence-corrected chi connectivity index (χ1v) is 5.73. The Morgan fingerprint density at radius 3 is 2.36 bits per heavy atom. The zero-order valence-corrected chi connectivity index (χ0v) is 9.75. The Kier molecular flexibility index (Phi) is 7.77. The lowest BCUT2D eigenvalue weighted by Crippen LogP contribution is -2.11. The van der Waals surface area contributed by atoms with Crippen molar-refractivity contribution < 1.29 is 9.90 Å². The molecule has 0 amide bonds. The van der Waals surface area contributed by atoms with Gasteiger partial charge in [0.1, 0.15) is 5.78 Å². The van der Waals surface area contributed by atoms with Gasteiger partial charge in [0.05, 0.1) is 6.10 Å². The van der Waals surface area contributed by atoms with Crippen molar-refractivity contribution in [2.24, 2.45) is 5.92 Å². The predicted octanol–water partition coefficient (Wildman–Crippen LogP) is 2.93. The number of aliphatic hydroxyl groups excluding tert-OH is 1. The minimum absolute atomic E-state index is 0.0828. The summed E-state index contributed by atoms with van der Waals surface area (Å²) in [6.45, 7) is 5.99. The fourth-order valence-corrected chi connectivity index (χ4v) is 1.51. The summed E-state index contributed by atoms with van der Waals surface area (Å²) < 4.78 is 0. The van der Waals surface area contributed by atoms with Gasteiger partial charge >= 0.3 is 0 Å². The molecule has 0 aromatic carbocycles. The highest BCUT2D eigenvalue weighted by molar-refractivity contribution is 5.75. The Hall–Kier alpha value is -0.370. The summed E-state index contributed by atoms with van der Waals surface area (Å²) in [7, 11) is 0. The van der Waals surface area contributed by atoms with Crippen molar-refractivity contribution in [1.82, 2.24) is 0 Å². The zero-order valence-electron chi connectivity index (χ0n) is 9.75. The Labute approximate surface area is 87.7 Å². The highest BCUT2D eigenvalue weighted by atomic mass is 16.3. The van der Waals surface area contributed by atoms with E-state index in [-0.39, 0.29) is 5.78 Å². The van der Waals surface area contributed by atoms with Crippen LogP contribution in [0, 0.1) is 5.92 Å². The summed E-state index contributed by atoms with van der Waals surface area (Å²) in [6.07, 6.45) is 5.37. The number of carbonyl (C=O) groups excluding carboxylic acids is 1. The zero-order chi connectivity index (χ0) is 11.0. The molecule has 0 spiro atoms. The molecule has 0 aliphatic rings. The van der Waals surface area contributed by atoms with Crippen LogP contribution in [-0.4, -0.2) is 17.0 Å². The molecular weight excluding hydrogens is 176 g/mol. The molecule has 2 heteroatoms. The molecule has 0 saturated heterocycles. The van der Waals surface area contributed by atoms with Crippen LogP contribution in [0.5, 0.6) is 0 Å². The van der Waals surface area contributed by atoms with Crippen LogP contribution < -0.4 is 0 Å². The predicted molar refractivity (Wildman–Crippen MR) is 59.2 cm³/mol. The molecule has 0 saturated carbocycles. The summed E-state index contributed by atoms with van der Waals surface area (Å²) in [4.78, 5) is 10.7. The van der Waals surface area contributed by atoms with Gasteiger partial charge in [0.2, 0.25) is 0 Å². The molecule has 0 aliphatic heterocycles. The van der Waals surface area contributed by atoms with Crippen LogP contribution in [0.1, 0.15) is 59.3 Å². The second-order valence-corrected chi connectivity index (χ2v) is 4.36. The lowest BCUT2D eigenvalue weighted by Gasteiger charge is -2.10. The summed E-state index contributed by atoms with van der Waals surface area (Å²) in [5.74, 6) is 0.874. The van der Waals surface area contributed by atoms with Gasteiger partial charge in [0, 0.05) is 6.42 Å². The van der Waals surface area contributed by atoms with Crippen LogP contribution in [0.2, 0.25) is 0 Å². The lowest BCUT2D eigenvalue weighted by molar-refractivity contribution is -0.118. The largest absolute Gasteiger partial charge is 0.393 e. The van der Waals surface area contributed by atoms with Crippen LogP contribution in [0.3, 0.4) is 0 Å². The molecule has 0 heterocycles. The highest BCUT2D eigenvalue weighted by Crippen LogP contribution is 2.13. The van der Waals surface area contributed by atoms with Crippen molar-refractivity contribution in [3.8, 4) is 0 Å². The van der Waals surface area contributed by atoms with Gasteiger partial charge in [0.15, 0.2) is 0 Å². The quantitative estimate of drug-likeness (QED) is 0.612. The molecule has 2 nitrogen and oxygen atoms in total. The smallest absolute Gasteiger partial charge is 0.132 e. The van der Waals surface area contributed by atoms with E-state index >= 15 is 0 Å². The van der Waals surface area contributed by atoms with Gasteiger partial charge in [-0.15, -0.1) is 0 Å². The topological polar surface area (TPSA) is 37.3 Å². The van der Waals surface area contributed by atoms with Crippen LogP contribution in [0.15, 0.2) is 0 Å².